The Bertz CT molecular complexity index is 963. The minimum absolute atomic E-state index is 0.215. The Morgan fingerprint density at radius 2 is 1.53 bits per heavy atom. The molecule has 0 atom stereocenters. The number of amides is 1. The van der Waals surface area contributed by atoms with Crippen LogP contribution in [0.3, 0.4) is 0 Å². The van der Waals surface area contributed by atoms with Crippen molar-refractivity contribution >= 4 is 11.7 Å². The lowest BCUT2D eigenvalue weighted by Gasteiger charge is -2.23. The van der Waals surface area contributed by atoms with E-state index in [0.717, 1.165) is 12.0 Å². The summed E-state index contributed by atoms with van der Waals surface area (Å²) in [6, 6.07) is 17.0. The van der Waals surface area contributed by atoms with Crippen molar-refractivity contribution in [3.8, 4) is 17.2 Å². The SMILES string of the molecule is CCc1ccc(CN(C(=O)c2cc(OC)c(OC)c(OC)c2)c2ccccn2)cc1. The van der Waals surface area contributed by atoms with Gasteiger partial charge in [0.05, 0.1) is 27.9 Å². The van der Waals surface area contributed by atoms with E-state index in [1.807, 2.05) is 30.3 Å². The van der Waals surface area contributed by atoms with Crippen LogP contribution in [0.1, 0.15) is 28.4 Å². The summed E-state index contributed by atoms with van der Waals surface area (Å²) in [4.78, 5) is 19.6. The molecule has 0 unspecified atom stereocenters. The zero-order chi connectivity index (χ0) is 21.5. The zero-order valence-electron chi connectivity index (χ0n) is 17.7. The molecule has 1 amide bonds. The van der Waals surface area contributed by atoms with Gasteiger partial charge in [0.25, 0.3) is 5.91 Å². The summed E-state index contributed by atoms with van der Waals surface area (Å²) in [5, 5.41) is 0. The Morgan fingerprint density at radius 1 is 0.900 bits per heavy atom. The number of ether oxygens (including phenoxy) is 3. The molecule has 30 heavy (non-hydrogen) atoms. The van der Waals surface area contributed by atoms with Gasteiger partial charge in [-0.3, -0.25) is 9.69 Å². The minimum Gasteiger partial charge on any atom is -0.493 e. The molecule has 0 N–H and O–H groups in total. The zero-order valence-corrected chi connectivity index (χ0v) is 17.7. The highest BCUT2D eigenvalue weighted by Crippen LogP contribution is 2.38. The van der Waals surface area contributed by atoms with E-state index in [0.29, 0.717) is 35.2 Å². The highest BCUT2D eigenvalue weighted by Gasteiger charge is 2.23. The molecular weight excluding hydrogens is 380 g/mol. The van der Waals surface area contributed by atoms with E-state index in [9.17, 15) is 4.79 Å². The lowest BCUT2D eigenvalue weighted by Crippen LogP contribution is -2.31. The molecule has 0 fully saturated rings. The van der Waals surface area contributed by atoms with Gasteiger partial charge in [0.15, 0.2) is 11.5 Å². The number of anilines is 1. The molecule has 1 heterocycles. The number of benzene rings is 2. The van der Waals surface area contributed by atoms with Gasteiger partial charge < -0.3 is 14.2 Å². The first-order valence-corrected chi connectivity index (χ1v) is 9.72. The molecule has 0 saturated carbocycles. The third-order valence-electron chi connectivity index (χ3n) is 4.85. The maximum absolute atomic E-state index is 13.5. The molecule has 3 aromatic rings. The second-order valence-electron chi connectivity index (χ2n) is 6.66. The van der Waals surface area contributed by atoms with Gasteiger partial charge >= 0.3 is 0 Å². The van der Waals surface area contributed by atoms with Crippen molar-refractivity contribution in [3.63, 3.8) is 0 Å². The van der Waals surface area contributed by atoms with Crippen LogP contribution < -0.4 is 19.1 Å². The average Bonchev–Trinajstić information content (AvgIpc) is 2.81. The molecule has 1 aromatic heterocycles. The van der Waals surface area contributed by atoms with Crippen molar-refractivity contribution < 1.29 is 19.0 Å². The first-order chi connectivity index (χ1) is 14.6. The fraction of sp³-hybridized carbons (Fsp3) is 0.250. The largest absolute Gasteiger partial charge is 0.493 e. The van der Waals surface area contributed by atoms with Gasteiger partial charge in [0, 0.05) is 11.8 Å². The standard InChI is InChI=1S/C24H26N2O4/c1-5-17-9-11-18(12-10-17)16-26(22-8-6-7-13-25-22)24(27)19-14-20(28-2)23(30-4)21(15-19)29-3/h6-15H,5,16H2,1-4H3. The number of methoxy groups -OCH3 is 3. The summed E-state index contributed by atoms with van der Waals surface area (Å²) in [7, 11) is 4.58. The van der Waals surface area contributed by atoms with E-state index in [1.54, 1.807) is 23.2 Å². The maximum atomic E-state index is 13.5. The second-order valence-corrected chi connectivity index (χ2v) is 6.66. The quantitative estimate of drug-likeness (QED) is 0.551. The van der Waals surface area contributed by atoms with E-state index in [1.165, 1.54) is 26.9 Å². The van der Waals surface area contributed by atoms with Crippen LogP contribution in [0.25, 0.3) is 0 Å². The molecule has 0 radical (unpaired) electrons. The first kappa shape index (κ1) is 21.2. The van der Waals surface area contributed by atoms with E-state index >= 15 is 0 Å². The summed E-state index contributed by atoms with van der Waals surface area (Å²) in [5.74, 6) is 1.64. The number of nitrogens with zero attached hydrogens (tertiary/aromatic N) is 2. The van der Waals surface area contributed by atoms with Crippen LogP contribution in [0.15, 0.2) is 60.8 Å². The van der Waals surface area contributed by atoms with Gasteiger partial charge in [-0.15, -0.1) is 0 Å². The van der Waals surface area contributed by atoms with Crippen LogP contribution >= 0.6 is 0 Å². The topological polar surface area (TPSA) is 60.9 Å². The normalized spacial score (nSPS) is 10.4. The summed E-state index contributed by atoms with van der Waals surface area (Å²) < 4.78 is 16.2. The van der Waals surface area contributed by atoms with Gasteiger partial charge in [-0.1, -0.05) is 37.3 Å². The number of carbonyl (C=O) groups excluding carboxylic acids is 1. The third-order valence-corrected chi connectivity index (χ3v) is 4.85. The van der Waals surface area contributed by atoms with E-state index in [-0.39, 0.29) is 5.91 Å². The molecule has 6 heteroatoms. The predicted octanol–water partition coefficient (Wildman–Crippen LogP) is 4.52. The van der Waals surface area contributed by atoms with Gasteiger partial charge in [-0.2, -0.15) is 0 Å². The molecule has 0 bridgehead atoms. The molecule has 0 aliphatic heterocycles. The molecule has 3 rings (SSSR count). The van der Waals surface area contributed by atoms with Crippen molar-refractivity contribution in [2.45, 2.75) is 19.9 Å². The average molecular weight is 406 g/mol. The van der Waals surface area contributed by atoms with Gasteiger partial charge in [-0.25, -0.2) is 4.98 Å². The smallest absolute Gasteiger partial charge is 0.260 e. The molecule has 2 aromatic carbocycles. The summed E-state index contributed by atoms with van der Waals surface area (Å²) >= 11 is 0. The molecule has 156 valence electrons. The number of aryl methyl sites for hydroxylation is 1. The Hall–Kier alpha value is -3.54. The monoisotopic (exact) mass is 406 g/mol. The lowest BCUT2D eigenvalue weighted by molar-refractivity contribution is 0.0983. The second kappa shape index (κ2) is 9.78. The van der Waals surface area contributed by atoms with Gasteiger partial charge in [-0.05, 0) is 41.8 Å². The maximum Gasteiger partial charge on any atom is 0.260 e. The Kier molecular flexibility index (Phi) is 6.91. The highest BCUT2D eigenvalue weighted by molar-refractivity contribution is 6.06. The fourth-order valence-corrected chi connectivity index (χ4v) is 3.19. The van der Waals surface area contributed by atoms with Crippen LogP contribution in [0.2, 0.25) is 0 Å². The Morgan fingerprint density at radius 3 is 2.03 bits per heavy atom. The number of hydrogen-bond donors (Lipinski definition) is 0. The molecule has 0 saturated heterocycles. The molecule has 0 spiro atoms. The van der Waals surface area contributed by atoms with Crippen LogP contribution in [0.4, 0.5) is 5.82 Å². The van der Waals surface area contributed by atoms with Crippen molar-refractivity contribution in [2.24, 2.45) is 0 Å². The first-order valence-electron chi connectivity index (χ1n) is 9.72. The Balaban J connectivity index is 2.02. The van der Waals surface area contributed by atoms with Crippen molar-refractivity contribution in [1.29, 1.82) is 0 Å². The third kappa shape index (κ3) is 4.54. The number of rotatable bonds is 8. The van der Waals surface area contributed by atoms with Crippen molar-refractivity contribution in [3.05, 3.63) is 77.5 Å². The number of aromatic nitrogens is 1. The van der Waals surface area contributed by atoms with Crippen LogP contribution in [0, 0.1) is 0 Å². The van der Waals surface area contributed by atoms with Crippen LogP contribution in [0.5, 0.6) is 17.2 Å². The van der Waals surface area contributed by atoms with Gasteiger partial charge in [0.2, 0.25) is 5.75 Å². The highest BCUT2D eigenvalue weighted by atomic mass is 16.5. The molecule has 0 aliphatic carbocycles. The molecule has 0 aliphatic rings. The van der Waals surface area contributed by atoms with Crippen molar-refractivity contribution in [1.82, 2.24) is 4.98 Å². The molecular formula is C24H26N2O4. The lowest BCUT2D eigenvalue weighted by atomic mass is 10.1. The Labute approximate surface area is 177 Å². The van der Waals surface area contributed by atoms with Crippen LogP contribution in [-0.4, -0.2) is 32.2 Å². The number of pyridine rings is 1. The van der Waals surface area contributed by atoms with E-state index in [4.69, 9.17) is 14.2 Å². The van der Waals surface area contributed by atoms with Crippen molar-refractivity contribution in [2.75, 3.05) is 26.2 Å². The van der Waals surface area contributed by atoms with Crippen LogP contribution in [-0.2, 0) is 13.0 Å². The van der Waals surface area contributed by atoms with E-state index in [2.05, 4.69) is 24.0 Å². The van der Waals surface area contributed by atoms with Gasteiger partial charge in [0.1, 0.15) is 5.82 Å². The molecule has 6 nitrogen and oxygen atoms in total. The van der Waals surface area contributed by atoms with E-state index < -0.39 is 0 Å². The summed E-state index contributed by atoms with van der Waals surface area (Å²) in [6.45, 7) is 2.50. The number of carbonyl (C=O) groups is 1. The fourth-order valence-electron chi connectivity index (χ4n) is 3.19. The predicted molar refractivity (Wildman–Crippen MR) is 117 cm³/mol. The summed E-state index contributed by atoms with van der Waals surface area (Å²) in [5.41, 5.74) is 2.68. The number of hydrogen-bond acceptors (Lipinski definition) is 5. The minimum atomic E-state index is -0.215. The summed E-state index contributed by atoms with van der Waals surface area (Å²) in [6.07, 6.45) is 2.64.